The molecule has 1 atom stereocenters. The molecule has 0 bridgehead atoms. The summed E-state index contributed by atoms with van der Waals surface area (Å²) >= 11 is 0. The Hall–Kier alpha value is -1.29. The molecular weight excluding hydrogens is 168 g/mol. The molecule has 0 radical (unpaired) electrons. The first kappa shape index (κ1) is 8.31. The topological polar surface area (TPSA) is 52.1 Å². The zero-order valence-electron chi connectivity index (χ0n) is 7.14. The summed E-state index contributed by atoms with van der Waals surface area (Å²) < 4.78 is 5.22. The fourth-order valence-corrected chi connectivity index (χ4v) is 1.36. The van der Waals surface area contributed by atoms with Crippen LogP contribution in [0.25, 0.3) is 0 Å². The smallest absolute Gasteiger partial charge is 0.153 e. The fourth-order valence-electron chi connectivity index (χ4n) is 1.36. The number of hydrogen-bond acceptors (Lipinski definition) is 4. The first-order valence-electron chi connectivity index (χ1n) is 4.25. The van der Waals surface area contributed by atoms with Crippen molar-refractivity contribution in [1.29, 1.82) is 0 Å². The Balaban J connectivity index is 2.16. The molecule has 0 N–H and O–H groups in total. The van der Waals surface area contributed by atoms with Gasteiger partial charge in [0.05, 0.1) is 12.2 Å². The van der Waals surface area contributed by atoms with Crippen LogP contribution >= 0.6 is 0 Å². The molecule has 2 rings (SSSR count). The van der Waals surface area contributed by atoms with Gasteiger partial charge in [-0.25, -0.2) is 9.97 Å². The number of aromatic nitrogens is 2. The van der Waals surface area contributed by atoms with Gasteiger partial charge in [-0.15, -0.1) is 0 Å². The maximum absolute atomic E-state index is 10.3. The van der Waals surface area contributed by atoms with Crippen LogP contribution in [-0.2, 0) is 4.74 Å². The second kappa shape index (κ2) is 3.62. The lowest BCUT2D eigenvalue weighted by atomic mass is 10.1. The van der Waals surface area contributed by atoms with Gasteiger partial charge in [0.2, 0.25) is 0 Å². The average Bonchev–Trinajstić information content (AvgIpc) is 2.71. The van der Waals surface area contributed by atoms with Gasteiger partial charge in [-0.3, -0.25) is 4.79 Å². The summed E-state index contributed by atoms with van der Waals surface area (Å²) in [7, 11) is 0. The predicted molar refractivity (Wildman–Crippen MR) is 45.6 cm³/mol. The summed E-state index contributed by atoms with van der Waals surface area (Å²) in [6.07, 6.45) is 4.82. The number of carbonyl (C=O) groups is 1. The largest absolute Gasteiger partial charge is 0.381 e. The lowest BCUT2D eigenvalue weighted by molar-refractivity contribution is 0.112. The highest BCUT2D eigenvalue weighted by molar-refractivity contribution is 5.73. The van der Waals surface area contributed by atoms with Gasteiger partial charge in [0, 0.05) is 24.9 Å². The lowest BCUT2D eigenvalue weighted by Gasteiger charge is -2.04. The first-order valence-corrected chi connectivity index (χ1v) is 4.25. The van der Waals surface area contributed by atoms with E-state index in [4.69, 9.17) is 4.74 Å². The Kier molecular flexibility index (Phi) is 2.31. The Morgan fingerprint density at radius 3 is 2.77 bits per heavy atom. The number of carbonyl (C=O) groups excluding carboxylic acids is 1. The van der Waals surface area contributed by atoms with Crippen molar-refractivity contribution >= 4 is 6.29 Å². The molecule has 1 aliphatic heterocycles. The van der Waals surface area contributed by atoms with Crippen LogP contribution in [-0.4, -0.2) is 29.5 Å². The van der Waals surface area contributed by atoms with Crippen molar-refractivity contribution in [2.45, 2.75) is 12.3 Å². The van der Waals surface area contributed by atoms with Crippen molar-refractivity contribution in [3.05, 3.63) is 23.8 Å². The van der Waals surface area contributed by atoms with E-state index in [9.17, 15) is 4.79 Å². The summed E-state index contributed by atoms with van der Waals surface area (Å²) in [4.78, 5) is 18.6. The van der Waals surface area contributed by atoms with E-state index in [0.29, 0.717) is 18.1 Å². The highest BCUT2D eigenvalue weighted by atomic mass is 16.5. The molecule has 1 aliphatic rings. The minimum absolute atomic E-state index is 0.306. The SMILES string of the molecule is O=Cc1cnc(C2CCOC2)nc1. The molecule has 1 aromatic heterocycles. The van der Waals surface area contributed by atoms with Crippen LogP contribution in [0.3, 0.4) is 0 Å². The maximum atomic E-state index is 10.3. The molecule has 68 valence electrons. The van der Waals surface area contributed by atoms with Crippen molar-refractivity contribution in [2.24, 2.45) is 0 Å². The number of aldehydes is 1. The Labute approximate surface area is 76.0 Å². The van der Waals surface area contributed by atoms with Crippen molar-refractivity contribution in [2.75, 3.05) is 13.2 Å². The molecule has 1 saturated heterocycles. The van der Waals surface area contributed by atoms with Crippen LogP contribution in [0.5, 0.6) is 0 Å². The van der Waals surface area contributed by atoms with Gasteiger partial charge in [0.25, 0.3) is 0 Å². The minimum Gasteiger partial charge on any atom is -0.381 e. The number of hydrogen-bond donors (Lipinski definition) is 0. The summed E-state index contributed by atoms with van der Waals surface area (Å²) in [6, 6.07) is 0. The third-order valence-electron chi connectivity index (χ3n) is 2.12. The second-order valence-corrected chi connectivity index (χ2v) is 3.05. The molecule has 1 fully saturated rings. The van der Waals surface area contributed by atoms with Gasteiger partial charge >= 0.3 is 0 Å². The molecule has 0 aromatic carbocycles. The van der Waals surface area contributed by atoms with Crippen molar-refractivity contribution in [3.8, 4) is 0 Å². The normalized spacial score (nSPS) is 21.7. The highest BCUT2D eigenvalue weighted by Crippen LogP contribution is 2.21. The molecule has 0 amide bonds. The van der Waals surface area contributed by atoms with Crippen molar-refractivity contribution in [3.63, 3.8) is 0 Å². The van der Waals surface area contributed by atoms with Crippen LogP contribution in [0.4, 0.5) is 0 Å². The lowest BCUT2D eigenvalue weighted by Crippen LogP contribution is -2.04. The molecule has 4 nitrogen and oxygen atoms in total. The van der Waals surface area contributed by atoms with Crippen LogP contribution in [0.15, 0.2) is 12.4 Å². The van der Waals surface area contributed by atoms with Crippen LogP contribution < -0.4 is 0 Å². The Morgan fingerprint density at radius 1 is 1.46 bits per heavy atom. The average molecular weight is 178 g/mol. The van der Waals surface area contributed by atoms with Gasteiger partial charge < -0.3 is 4.74 Å². The molecule has 0 spiro atoms. The molecule has 0 saturated carbocycles. The van der Waals surface area contributed by atoms with E-state index < -0.39 is 0 Å². The molecular formula is C9H10N2O2. The number of nitrogens with zero attached hydrogens (tertiary/aromatic N) is 2. The van der Waals surface area contributed by atoms with E-state index >= 15 is 0 Å². The van der Waals surface area contributed by atoms with E-state index in [1.165, 1.54) is 0 Å². The number of rotatable bonds is 2. The van der Waals surface area contributed by atoms with Crippen LogP contribution in [0, 0.1) is 0 Å². The monoisotopic (exact) mass is 178 g/mol. The Bertz CT molecular complexity index is 291. The van der Waals surface area contributed by atoms with E-state index in [-0.39, 0.29) is 0 Å². The van der Waals surface area contributed by atoms with Crippen LogP contribution in [0.2, 0.25) is 0 Å². The first-order chi connectivity index (χ1) is 6.40. The van der Waals surface area contributed by atoms with E-state index in [1.54, 1.807) is 12.4 Å². The highest BCUT2D eigenvalue weighted by Gasteiger charge is 2.19. The van der Waals surface area contributed by atoms with Gasteiger partial charge in [0.1, 0.15) is 5.82 Å². The standard InChI is InChI=1S/C9H10N2O2/c12-5-7-3-10-9(11-4-7)8-1-2-13-6-8/h3-5,8H,1-2,6H2. The zero-order chi connectivity index (χ0) is 9.10. The van der Waals surface area contributed by atoms with E-state index in [2.05, 4.69) is 9.97 Å². The van der Waals surface area contributed by atoms with Gasteiger partial charge in [-0.2, -0.15) is 0 Å². The van der Waals surface area contributed by atoms with Crippen molar-refractivity contribution in [1.82, 2.24) is 9.97 Å². The summed E-state index contributed by atoms with van der Waals surface area (Å²) in [5, 5.41) is 0. The molecule has 13 heavy (non-hydrogen) atoms. The molecule has 1 unspecified atom stereocenters. The predicted octanol–water partition coefficient (Wildman–Crippen LogP) is 0.793. The third kappa shape index (κ3) is 1.72. The third-order valence-corrected chi connectivity index (χ3v) is 2.12. The summed E-state index contributed by atoms with van der Waals surface area (Å²) in [5.74, 6) is 1.09. The maximum Gasteiger partial charge on any atom is 0.153 e. The zero-order valence-corrected chi connectivity index (χ0v) is 7.14. The molecule has 2 heterocycles. The molecule has 1 aromatic rings. The fraction of sp³-hybridized carbons (Fsp3) is 0.444. The van der Waals surface area contributed by atoms with Gasteiger partial charge in [0.15, 0.2) is 6.29 Å². The summed E-state index contributed by atoms with van der Waals surface area (Å²) in [5.41, 5.74) is 0.516. The number of ether oxygens (including phenoxy) is 1. The quantitative estimate of drug-likeness (QED) is 0.628. The van der Waals surface area contributed by atoms with Crippen LogP contribution in [0.1, 0.15) is 28.5 Å². The molecule has 0 aliphatic carbocycles. The Morgan fingerprint density at radius 2 is 2.23 bits per heavy atom. The second-order valence-electron chi connectivity index (χ2n) is 3.05. The summed E-state index contributed by atoms with van der Waals surface area (Å²) in [6.45, 7) is 1.48. The molecule has 4 heteroatoms. The van der Waals surface area contributed by atoms with Crippen molar-refractivity contribution < 1.29 is 9.53 Å². The van der Waals surface area contributed by atoms with Gasteiger partial charge in [-0.1, -0.05) is 0 Å². The minimum atomic E-state index is 0.306. The van der Waals surface area contributed by atoms with Gasteiger partial charge in [-0.05, 0) is 6.42 Å². The van der Waals surface area contributed by atoms with E-state index in [1.807, 2.05) is 0 Å². The van der Waals surface area contributed by atoms with E-state index in [0.717, 1.165) is 25.1 Å².